The minimum Gasteiger partial charge on any atom is -0.403 e. The Bertz CT molecular complexity index is 195. The first kappa shape index (κ1) is 10.8. The molecular weight excluding hydrogens is 163 g/mol. The van der Waals surface area contributed by atoms with Crippen molar-refractivity contribution >= 4 is 7.12 Å². The molecule has 13 heavy (non-hydrogen) atoms. The van der Waals surface area contributed by atoms with Crippen LogP contribution in [0.4, 0.5) is 0 Å². The van der Waals surface area contributed by atoms with Gasteiger partial charge in [-0.25, -0.2) is 0 Å². The third-order valence-corrected chi connectivity index (χ3v) is 3.07. The van der Waals surface area contributed by atoms with Crippen LogP contribution in [0.25, 0.3) is 0 Å². The molecule has 1 fully saturated rings. The van der Waals surface area contributed by atoms with Crippen LogP contribution in [-0.4, -0.2) is 18.3 Å². The van der Waals surface area contributed by atoms with Gasteiger partial charge >= 0.3 is 7.12 Å². The summed E-state index contributed by atoms with van der Waals surface area (Å²) in [5.74, 6) is 0.237. The molecule has 0 spiro atoms. The zero-order valence-corrected chi connectivity index (χ0v) is 9.26. The van der Waals surface area contributed by atoms with Gasteiger partial charge in [-0.05, 0) is 27.7 Å². The first-order valence-electron chi connectivity index (χ1n) is 4.78. The summed E-state index contributed by atoms with van der Waals surface area (Å²) in [7, 11) is -0.150. The fourth-order valence-corrected chi connectivity index (χ4v) is 1.21. The fraction of sp³-hybridized carbons (Fsp3) is 0.800. The van der Waals surface area contributed by atoms with Gasteiger partial charge in [0, 0.05) is 5.82 Å². The van der Waals surface area contributed by atoms with Gasteiger partial charge < -0.3 is 9.31 Å². The first-order chi connectivity index (χ1) is 5.80. The van der Waals surface area contributed by atoms with Crippen molar-refractivity contribution in [1.82, 2.24) is 0 Å². The van der Waals surface area contributed by atoms with Gasteiger partial charge in [0.2, 0.25) is 0 Å². The molecule has 0 aromatic heterocycles. The molecule has 3 heteroatoms. The molecule has 0 bridgehead atoms. The van der Waals surface area contributed by atoms with Gasteiger partial charge in [0.15, 0.2) is 0 Å². The largest absolute Gasteiger partial charge is 0.464 e. The molecule has 1 heterocycles. The van der Waals surface area contributed by atoms with E-state index in [2.05, 4.69) is 41.2 Å². The summed E-state index contributed by atoms with van der Waals surface area (Å²) >= 11 is 0. The molecule has 0 aromatic carbocycles. The average molecular weight is 182 g/mol. The molecule has 1 atom stereocenters. The van der Waals surface area contributed by atoms with E-state index in [1.165, 1.54) is 0 Å². The van der Waals surface area contributed by atoms with E-state index in [1.807, 2.05) is 6.08 Å². The smallest absolute Gasteiger partial charge is 0.403 e. The van der Waals surface area contributed by atoms with Gasteiger partial charge in [-0.1, -0.05) is 13.0 Å². The van der Waals surface area contributed by atoms with E-state index in [-0.39, 0.29) is 24.1 Å². The Morgan fingerprint density at radius 2 is 1.54 bits per heavy atom. The lowest BCUT2D eigenvalue weighted by molar-refractivity contribution is 0.00578. The maximum Gasteiger partial charge on any atom is 0.464 e. The minimum absolute atomic E-state index is 0.150. The molecule has 1 rings (SSSR count). The molecule has 0 N–H and O–H groups in total. The molecule has 0 radical (unpaired) electrons. The van der Waals surface area contributed by atoms with Gasteiger partial charge in [0.25, 0.3) is 0 Å². The van der Waals surface area contributed by atoms with Crippen LogP contribution in [0.2, 0.25) is 5.82 Å². The van der Waals surface area contributed by atoms with Crippen molar-refractivity contribution in [2.24, 2.45) is 0 Å². The van der Waals surface area contributed by atoms with Crippen LogP contribution in [0, 0.1) is 0 Å². The highest BCUT2D eigenvalue weighted by Gasteiger charge is 2.52. The summed E-state index contributed by atoms with van der Waals surface area (Å²) in [6, 6.07) is 0. The lowest BCUT2D eigenvalue weighted by Crippen LogP contribution is -2.41. The highest BCUT2D eigenvalue weighted by atomic mass is 16.7. The van der Waals surface area contributed by atoms with E-state index in [0.717, 1.165) is 0 Å². The maximum absolute atomic E-state index is 5.82. The van der Waals surface area contributed by atoms with Crippen LogP contribution in [-0.2, 0) is 9.31 Å². The van der Waals surface area contributed by atoms with E-state index in [0.29, 0.717) is 0 Å². The van der Waals surface area contributed by atoms with Crippen LogP contribution in [0.15, 0.2) is 12.7 Å². The summed E-state index contributed by atoms with van der Waals surface area (Å²) in [6.07, 6.45) is 1.86. The van der Waals surface area contributed by atoms with Crippen molar-refractivity contribution in [3.63, 3.8) is 0 Å². The molecule has 0 amide bonds. The van der Waals surface area contributed by atoms with E-state index in [4.69, 9.17) is 9.31 Å². The zero-order valence-electron chi connectivity index (χ0n) is 9.26. The summed E-state index contributed by atoms with van der Waals surface area (Å²) < 4.78 is 11.6. The minimum atomic E-state index is -0.227. The van der Waals surface area contributed by atoms with Gasteiger partial charge in [0.05, 0.1) is 11.2 Å². The van der Waals surface area contributed by atoms with Gasteiger partial charge in [0.1, 0.15) is 0 Å². The lowest BCUT2D eigenvalue weighted by Gasteiger charge is -2.32. The Labute approximate surface area is 81.4 Å². The second-order valence-corrected chi connectivity index (χ2v) is 4.72. The van der Waals surface area contributed by atoms with Crippen molar-refractivity contribution in [3.8, 4) is 0 Å². The van der Waals surface area contributed by atoms with Crippen molar-refractivity contribution in [3.05, 3.63) is 12.7 Å². The van der Waals surface area contributed by atoms with Crippen molar-refractivity contribution in [1.29, 1.82) is 0 Å². The first-order valence-corrected chi connectivity index (χ1v) is 4.78. The van der Waals surface area contributed by atoms with Gasteiger partial charge in [-0.3, -0.25) is 0 Å². The SMILES string of the molecule is C=C[C@H](C)B1OC(C)(C)C(C)(C)O1. The monoisotopic (exact) mass is 182 g/mol. The third-order valence-electron chi connectivity index (χ3n) is 3.07. The lowest BCUT2D eigenvalue weighted by atomic mass is 9.73. The summed E-state index contributed by atoms with van der Waals surface area (Å²) in [5, 5.41) is 0. The van der Waals surface area contributed by atoms with Crippen molar-refractivity contribution in [2.75, 3.05) is 0 Å². The van der Waals surface area contributed by atoms with Gasteiger partial charge in [-0.2, -0.15) is 0 Å². The molecule has 1 aliphatic rings. The van der Waals surface area contributed by atoms with E-state index in [1.54, 1.807) is 0 Å². The predicted octanol–water partition coefficient (Wildman–Crippen LogP) is 2.65. The van der Waals surface area contributed by atoms with Crippen molar-refractivity contribution < 1.29 is 9.31 Å². The Morgan fingerprint density at radius 1 is 1.15 bits per heavy atom. The third kappa shape index (κ3) is 1.81. The molecular formula is C10H19BO2. The quantitative estimate of drug-likeness (QED) is 0.482. The second-order valence-electron chi connectivity index (χ2n) is 4.72. The molecule has 0 aromatic rings. The second kappa shape index (κ2) is 3.14. The summed E-state index contributed by atoms with van der Waals surface area (Å²) in [4.78, 5) is 0. The summed E-state index contributed by atoms with van der Waals surface area (Å²) in [5.41, 5.74) is -0.454. The fourth-order valence-electron chi connectivity index (χ4n) is 1.21. The molecule has 0 saturated carbocycles. The van der Waals surface area contributed by atoms with Crippen LogP contribution in [0.5, 0.6) is 0 Å². The Balaban J connectivity index is 2.76. The standard InChI is InChI=1S/C10H19BO2/c1-7-8(2)11-12-9(3,4)10(5,6)13-11/h7-8H,1H2,2-6H3/t8-/m0/s1. The Morgan fingerprint density at radius 3 is 1.85 bits per heavy atom. The number of allylic oxidation sites excluding steroid dienone is 1. The molecule has 1 saturated heterocycles. The Hall–Kier alpha value is -0.275. The number of hydrogen-bond acceptors (Lipinski definition) is 2. The van der Waals surface area contributed by atoms with Crippen LogP contribution in [0.3, 0.4) is 0 Å². The Kier molecular flexibility index (Phi) is 2.61. The van der Waals surface area contributed by atoms with Gasteiger partial charge in [-0.15, -0.1) is 6.58 Å². The molecule has 0 unspecified atom stereocenters. The van der Waals surface area contributed by atoms with E-state index >= 15 is 0 Å². The molecule has 0 aliphatic carbocycles. The summed E-state index contributed by atoms with van der Waals surface area (Å²) in [6.45, 7) is 14.0. The molecule has 74 valence electrons. The number of hydrogen-bond donors (Lipinski definition) is 0. The van der Waals surface area contributed by atoms with Crippen LogP contribution < -0.4 is 0 Å². The van der Waals surface area contributed by atoms with Crippen LogP contribution >= 0.6 is 0 Å². The van der Waals surface area contributed by atoms with E-state index in [9.17, 15) is 0 Å². The topological polar surface area (TPSA) is 18.5 Å². The van der Waals surface area contributed by atoms with Crippen LogP contribution in [0.1, 0.15) is 34.6 Å². The molecule has 1 aliphatic heterocycles. The highest BCUT2D eigenvalue weighted by Crippen LogP contribution is 2.39. The zero-order chi connectivity index (χ0) is 10.3. The number of rotatable bonds is 2. The maximum atomic E-state index is 5.82. The molecule has 2 nitrogen and oxygen atoms in total. The predicted molar refractivity (Wildman–Crippen MR) is 55.7 cm³/mol. The normalized spacial score (nSPS) is 27.3. The average Bonchev–Trinajstić information content (AvgIpc) is 2.20. The van der Waals surface area contributed by atoms with E-state index < -0.39 is 0 Å². The van der Waals surface area contributed by atoms with Crippen molar-refractivity contribution in [2.45, 2.75) is 51.6 Å². The highest BCUT2D eigenvalue weighted by molar-refractivity contribution is 6.48.